The molecule has 1 aliphatic carbocycles. The molecule has 0 bridgehead atoms. The molecule has 6 nitrogen and oxygen atoms in total. The van der Waals surface area contributed by atoms with Crippen LogP contribution < -0.4 is 0 Å². The molecule has 1 N–H and O–H groups in total. The molecule has 4 rings (SSSR count). The van der Waals surface area contributed by atoms with E-state index in [2.05, 4.69) is 16.8 Å². The third-order valence-electron chi connectivity index (χ3n) is 5.51. The summed E-state index contributed by atoms with van der Waals surface area (Å²) >= 11 is 1.77. The predicted octanol–water partition coefficient (Wildman–Crippen LogP) is 3.63. The molecule has 2 atom stereocenters. The summed E-state index contributed by atoms with van der Waals surface area (Å²) in [6.07, 6.45) is 1.46. The Balaban J connectivity index is 0.000000298. The molecule has 1 aromatic rings. The van der Waals surface area contributed by atoms with Crippen molar-refractivity contribution in [1.82, 2.24) is 9.88 Å². The summed E-state index contributed by atoms with van der Waals surface area (Å²) in [5.74, 6) is -1.92. The van der Waals surface area contributed by atoms with Gasteiger partial charge in [0, 0.05) is 31.0 Å². The lowest BCUT2D eigenvalue weighted by Crippen LogP contribution is -2.47. The van der Waals surface area contributed by atoms with E-state index in [-0.39, 0.29) is 5.60 Å². The fourth-order valence-corrected chi connectivity index (χ4v) is 4.58. The van der Waals surface area contributed by atoms with Crippen molar-refractivity contribution in [1.29, 1.82) is 0 Å². The Hall–Kier alpha value is -1.23. The van der Waals surface area contributed by atoms with E-state index in [0.717, 1.165) is 38.6 Å². The lowest BCUT2D eigenvalue weighted by Gasteiger charge is -2.39. The number of carboxylic acid groups (broad SMARTS) is 1. The number of ether oxygens (including phenoxy) is 2. The third-order valence-corrected chi connectivity index (χ3v) is 6.43. The third kappa shape index (κ3) is 6.63. The first-order valence-corrected chi connectivity index (χ1v) is 10.7. The van der Waals surface area contributed by atoms with Gasteiger partial charge in [0.05, 0.1) is 29.5 Å². The molecule has 1 aromatic heterocycles. The van der Waals surface area contributed by atoms with E-state index in [9.17, 15) is 13.2 Å². The number of carbonyl (C=O) groups is 1. The summed E-state index contributed by atoms with van der Waals surface area (Å²) in [5, 5.41) is 7.12. The smallest absolute Gasteiger partial charge is 0.475 e. The highest BCUT2D eigenvalue weighted by Crippen LogP contribution is 2.37. The SMILES string of the molecule is Cc1ncsc1CN1CCC[C@]2(C[C@@H](OCC3CC3)CO2)C1.O=C(O)C(F)(F)F. The Bertz CT molecular complexity index is 695. The number of piperidine rings is 1. The molecule has 3 heterocycles. The largest absolute Gasteiger partial charge is 0.490 e. The highest BCUT2D eigenvalue weighted by atomic mass is 32.1. The Morgan fingerprint density at radius 2 is 2.21 bits per heavy atom. The Kier molecular flexibility index (Phi) is 7.19. The first kappa shape index (κ1) is 22.5. The minimum Gasteiger partial charge on any atom is -0.475 e. The van der Waals surface area contributed by atoms with Gasteiger partial charge in [-0.25, -0.2) is 9.78 Å². The lowest BCUT2D eigenvalue weighted by molar-refractivity contribution is -0.192. The zero-order valence-corrected chi connectivity index (χ0v) is 17.2. The quantitative estimate of drug-likeness (QED) is 0.760. The van der Waals surface area contributed by atoms with Crippen LogP contribution in [-0.4, -0.2) is 65.1 Å². The number of halogens is 3. The lowest BCUT2D eigenvalue weighted by atomic mass is 9.89. The maximum absolute atomic E-state index is 10.6. The van der Waals surface area contributed by atoms with Crippen LogP contribution in [0.15, 0.2) is 5.51 Å². The van der Waals surface area contributed by atoms with Crippen molar-refractivity contribution in [2.45, 2.75) is 63.5 Å². The molecule has 1 saturated carbocycles. The van der Waals surface area contributed by atoms with Crippen LogP contribution in [-0.2, 0) is 20.8 Å². The van der Waals surface area contributed by atoms with Gasteiger partial charge in [0.1, 0.15) is 0 Å². The number of alkyl halides is 3. The number of aromatic nitrogens is 1. The number of hydrogen-bond donors (Lipinski definition) is 1. The molecule has 2 aliphatic heterocycles. The second-order valence-electron chi connectivity index (χ2n) is 8.07. The fourth-order valence-electron chi connectivity index (χ4n) is 3.76. The van der Waals surface area contributed by atoms with Crippen LogP contribution >= 0.6 is 11.3 Å². The van der Waals surface area contributed by atoms with Gasteiger partial charge in [0.15, 0.2) is 0 Å². The van der Waals surface area contributed by atoms with E-state index >= 15 is 0 Å². The van der Waals surface area contributed by atoms with Gasteiger partial charge in [-0.2, -0.15) is 13.2 Å². The van der Waals surface area contributed by atoms with Gasteiger partial charge in [-0.3, -0.25) is 4.90 Å². The Morgan fingerprint density at radius 3 is 2.79 bits per heavy atom. The summed E-state index contributed by atoms with van der Waals surface area (Å²) in [6, 6.07) is 0. The van der Waals surface area contributed by atoms with Crippen molar-refractivity contribution < 1.29 is 32.5 Å². The zero-order chi connectivity index (χ0) is 21.1. The minimum atomic E-state index is -5.08. The molecule has 164 valence electrons. The molecule has 1 spiro atoms. The van der Waals surface area contributed by atoms with Crippen molar-refractivity contribution >= 4 is 17.3 Å². The molecular formula is C19H27F3N2O4S. The second kappa shape index (κ2) is 9.28. The van der Waals surface area contributed by atoms with E-state index in [1.54, 1.807) is 11.3 Å². The number of aryl methyl sites for hydroxylation is 1. The van der Waals surface area contributed by atoms with Crippen LogP contribution in [0.2, 0.25) is 0 Å². The average Bonchev–Trinajstić information content (AvgIpc) is 3.29. The van der Waals surface area contributed by atoms with E-state index in [0.29, 0.717) is 6.10 Å². The summed E-state index contributed by atoms with van der Waals surface area (Å²) in [6.45, 7) is 7.10. The van der Waals surface area contributed by atoms with Gasteiger partial charge >= 0.3 is 12.1 Å². The number of aliphatic carboxylic acids is 1. The second-order valence-corrected chi connectivity index (χ2v) is 9.01. The maximum atomic E-state index is 10.6. The molecular weight excluding hydrogens is 409 g/mol. The normalized spacial score (nSPS) is 27.7. The van der Waals surface area contributed by atoms with Crippen molar-refractivity contribution in [3.63, 3.8) is 0 Å². The van der Waals surface area contributed by atoms with Gasteiger partial charge in [-0.15, -0.1) is 11.3 Å². The van der Waals surface area contributed by atoms with Crippen LogP contribution in [0.25, 0.3) is 0 Å². The maximum Gasteiger partial charge on any atom is 0.490 e. The molecule has 0 aromatic carbocycles. The molecule has 2 saturated heterocycles. The van der Waals surface area contributed by atoms with E-state index in [4.69, 9.17) is 19.4 Å². The number of thiazole rings is 1. The van der Waals surface area contributed by atoms with Crippen LogP contribution in [0.3, 0.4) is 0 Å². The van der Waals surface area contributed by atoms with E-state index in [1.807, 2.05) is 5.51 Å². The van der Waals surface area contributed by atoms with E-state index in [1.165, 1.54) is 42.8 Å². The van der Waals surface area contributed by atoms with Crippen LogP contribution in [0.4, 0.5) is 13.2 Å². The number of hydrogen-bond acceptors (Lipinski definition) is 6. The standard InChI is InChI=1S/C17H26N2O2S.C2HF3O2/c1-13-16(22-12-18-13)8-19-6-2-5-17(11-19)7-15(10-21-17)20-9-14-3-4-14;3-2(4,5)1(6)7/h12,14-15H,2-11H2,1H3;(H,6,7)/t15-,17+;/m1./s1. The summed E-state index contributed by atoms with van der Waals surface area (Å²) < 4.78 is 44.0. The van der Waals surface area contributed by atoms with Crippen LogP contribution in [0.1, 0.15) is 42.7 Å². The first-order valence-electron chi connectivity index (χ1n) is 9.84. The number of carboxylic acids is 1. The highest BCUT2D eigenvalue weighted by molar-refractivity contribution is 7.09. The van der Waals surface area contributed by atoms with Gasteiger partial charge in [0.25, 0.3) is 0 Å². The van der Waals surface area contributed by atoms with Gasteiger partial charge in [-0.05, 0) is 45.1 Å². The number of rotatable bonds is 5. The monoisotopic (exact) mass is 436 g/mol. The Labute approximate surface area is 172 Å². The topological polar surface area (TPSA) is 71.9 Å². The molecule has 0 amide bonds. The van der Waals surface area contributed by atoms with Crippen LogP contribution in [0.5, 0.6) is 0 Å². The summed E-state index contributed by atoms with van der Waals surface area (Å²) in [7, 11) is 0. The summed E-state index contributed by atoms with van der Waals surface area (Å²) in [5.41, 5.74) is 3.19. The first-order chi connectivity index (χ1) is 13.7. The Morgan fingerprint density at radius 1 is 1.48 bits per heavy atom. The van der Waals surface area contributed by atoms with Gasteiger partial charge < -0.3 is 14.6 Å². The fraction of sp³-hybridized carbons (Fsp3) is 0.789. The van der Waals surface area contributed by atoms with Crippen molar-refractivity contribution in [2.24, 2.45) is 5.92 Å². The van der Waals surface area contributed by atoms with Crippen molar-refractivity contribution in [3.05, 3.63) is 16.1 Å². The molecule has 0 radical (unpaired) electrons. The molecule has 29 heavy (non-hydrogen) atoms. The predicted molar refractivity (Wildman–Crippen MR) is 101 cm³/mol. The molecule has 0 unspecified atom stereocenters. The average molecular weight is 436 g/mol. The summed E-state index contributed by atoms with van der Waals surface area (Å²) in [4.78, 5) is 17.2. The van der Waals surface area contributed by atoms with Crippen molar-refractivity contribution in [3.8, 4) is 0 Å². The number of nitrogens with zero attached hydrogens (tertiary/aromatic N) is 2. The van der Waals surface area contributed by atoms with Gasteiger partial charge in [0.2, 0.25) is 0 Å². The van der Waals surface area contributed by atoms with E-state index < -0.39 is 12.1 Å². The van der Waals surface area contributed by atoms with Gasteiger partial charge in [-0.1, -0.05) is 0 Å². The molecule has 3 aliphatic rings. The highest BCUT2D eigenvalue weighted by Gasteiger charge is 2.44. The van der Waals surface area contributed by atoms with Crippen LogP contribution in [0, 0.1) is 12.8 Å². The number of likely N-dealkylation sites (tertiary alicyclic amines) is 1. The minimum absolute atomic E-state index is 0.0467. The van der Waals surface area contributed by atoms with Crippen molar-refractivity contribution in [2.75, 3.05) is 26.3 Å². The molecule has 10 heteroatoms. The zero-order valence-electron chi connectivity index (χ0n) is 16.4. The molecule has 3 fully saturated rings.